The first kappa shape index (κ1) is 17.9. The average molecular weight is 282 g/mol. The number of hydrogen-bond acceptors (Lipinski definition) is 8. The third kappa shape index (κ3) is 4.49. The molecule has 4 atom stereocenters. The maximum absolute atomic E-state index is 11.6. The highest BCUT2D eigenvalue weighted by Gasteiger charge is 2.48. The second-order valence-corrected chi connectivity index (χ2v) is 4.08. The van der Waals surface area contributed by atoms with Crippen LogP contribution in [-0.4, -0.2) is 84.6 Å². The van der Waals surface area contributed by atoms with Crippen LogP contribution in [0.2, 0.25) is 0 Å². The van der Waals surface area contributed by atoms with Gasteiger partial charge in [-0.1, -0.05) is 0 Å². The van der Waals surface area contributed by atoms with E-state index in [0.717, 1.165) is 0 Å². The number of aliphatic hydroxyl groups is 6. The van der Waals surface area contributed by atoms with E-state index < -0.39 is 61.7 Å². The number of carbonyl (C=O) groups is 2. The second-order valence-electron chi connectivity index (χ2n) is 4.08. The molecule has 0 unspecified atom stereocenters. The first-order chi connectivity index (χ1) is 8.70. The highest BCUT2D eigenvalue weighted by Crippen LogP contribution is 2.23. The van der Waals surface area contributed by atoms with Crippen molar-refractivity contribution in [3.05, 3.63) is 0 Å². The van der Waals surface area contributed by atoms with Crippen LogP contribution < -0.4 is 0 Å². The Morgan fingerprint density at radius 3 is 2.00 bits per heavy atom. The predicted molar refractivity (Wildman–Crippen MR) is 59.0 cm³/mol. The largest absolute Gasteiger partial charge is 0.481 e. The van der Waals surface area contributed by atoms with E-state index in [2.05, 4.69) is 0 Å². The summed E-state index contributed by atoms with van der Waals surface area (Å²) in [7, 11) is 0. The van der Waals surface area contributed by atoms with E-state index in [-0.39, 0.29) is 0 Å². The Morgan fingerprint density at radius 1 is 1.11 bits per heavy atom. The van der Waals surface area contributed by atoms with Gasteiger partial charge >= 0.3 is 5.97 Å². The van der Waals surface area contributed by atoms with Gasteiger partial charge in [-0.3, -0.25) is 9.59 Å². The molecule has 0 spiro atoms. The molecule has 9 heteroatoms. The highest BCUT2D eigenvalue weighted by atomic mass is 16.4. The molecule has 7 N–H and O–H groups in total. The summed E-state index contributed by atoms with van der Waals surface area (Å²) >= 11 is 0. The van der Waals surface area contributed by atoms with Gasteiger partial charge in [-0.25, -0.2) is 0 Å². The maximum Gasteiger partial charge on any atom is 0.306 e. The molecule has 0 saturated heterocycles. The average Bonchev–Trinajstić information content (AvgIpc) is 2.35. The molecule has 0 bridgehead atoms. The monoisotopic (exact) mass is 282 g/mol. The van der Waals surface area contributed by atoms with E-state index in [0.29, 0.717) is 0 Å². The molecule has 0 heterocycles. The standard InChI is InChI=1S/C10H18O9/c11-2-1-6(14)10(19,3-7(15)16)9(18)8(17)5(13)4-12/h5,8-9,11-13,17-19H,1-4H2,(H,15,16)/t5-,8-,9+,10+/m1/s1. The lowest BCUT2D eigenvalue weighted by Crippen LogP contribution is -2.59. The molecule has 0 aliphatic rings. The maximum atomic E-state index is 11.6. The van der Waals surface area contributed by atoms with Crippen molar-refractivity contribution in [1.29, 1.82) is 0 Å². The van der Waals surface area contributed by atoms with Crippen LogP contribution in [0.5, 0.6) is 0 Å². The van der Waals surface area contributed by atoms with Crippen LogP contribution >= 0.6 is 0 Å². The molecule has 0 fully saturated rings. The number of Topliss-reactive ketones (excluding diaryl/α,β-unsaturated/α-hetero) is 1. The third-order valence-corrected chi connectivity index (χ3v) is 2.64. The third-order valence-electron chi connectivity index (χ3n) is 2.64. The van der Waals surface area contributed by atoms with Crippen molar-refractivity contribution in [3.63, 3.8) is 0 Å². The number of carbonyl (C=O) groups excluding carboxylic acids is 1. The molecule has 0 aromatic rings. The minimum absolute atomic E-state index is 0.636. The van der Waals surface area contributed by atoms with E-state index >= 15 is 0 Å². The number of ketones is 1. The zero-order chi connectivity index (χ0) is 15.2. The Balaban J connectivity index is 5.22. The van der Waals surface area contributed by atoms with Gasteiger partial charge in [0, 0.05) is 6.42 Å². The van der Waals surface area contributed by atoms with Gasteiger partial charge in [0.25, 0.3) is 0 Å². The van der Waals surface area contributed by atoms with Crippen LogP contribution in [0.4, 0.5) is 0 Å². The quantitative estimate of drug-likeness (QED) is 0.223. The lowest BCUT2D eigenvalue weighted by Gasteiger charge is -2.34. The fraction of sp³-hybridized carbons (Fsp3) is 0.800. The Bertz CT molecular complexity index is 318. The molecule has 0 rings (SSSR count). The van der Waals surface area contributed by atoms with Crippen LogP contribution in [0.15, 0.2) is 0 Å². The van der Waals surface area contributed by atoms with Crippen LogP contribution in [0.25, 0.3) is 0 Å². The summed E-state index contributed by atoms with van der Waals surface area (Å²) in [6.07, 6.45) is -8.18. The zero-order valence-electron chi connectivity index (χ0n) is 10.0. The summed E-state index contributed by atoms with van der Waals surface area (Å²) in [5.41, 5.74) is -2.87. The van der Waals surface area contributed by atoms with Crippen LogP contribution in [0, 0.1) is 0 Å². The van der Waals surface area contributed by atoms with E-state index in [1.165, 1.54) is 0 Å². The fourth-order valence-electron chi connectivity index (χ4n) is 1.52. The number of carboxylic acid groups (broad SMARTS) is 1. The topological polar surface area (TPSA) is 176 Å². The van der Waals surface area contributed by atoms with Gasteiger partial charge in [-0.05, 0) is 0 Å². The molecule has 0 aliphatic carbocycles. The van der Waals surface area contributed by atoms with Crippen LogP contribution in [0.3, 0.4) is 0 Å². The number of aliphatic carboxylic acids is 1. The Morgan fingerprint density at radius 2 is 1.63 bits per heavy atom. The molecule has 0 aromatic carbocycles. The summed E-state index contributed by atoms with van der Waals surface area (Å²) in [5, 5.41) is 63.9. The van der Waals surface area contributed by atoms with Crippen molar-refractivity contribution in [1.82, 2.24) is 0 Å². The van der Waals surface area contributed by atoms with Crippen molar-refractivity contribution in [3.8, 4) is 0 Å². The lowest BCUT2D eigenvalue weighted by atomic mass is 9.82. The number of aliphatic hydroxyl groups excluding tert-OH is 5. The molecular formula is C10H18O9. The smallest absolute Gasteiger partial charge is 0.306 e. The minimum atomic E-state index is -2.87. The summed E-state index contributed by atoms with van der Waals surface area (Å²) in [6, 6.07) is 0. The van der Waals surface area contributed by atoms with Gasteiger partial charge in [0.05, 0.1) is 19.6 Å². The molecule has 112 valence electrons. The SMILES string of the molecule is O=C(O)C[C@](O)(C(=O)CCO)[C@@H](O)[C@H](O)[C@H](O)CO. The van der Waals surface area contributed by atoms with Gasteiger partial charge in [-0.2, -0.15) is 0 Å². The molecule has 0 aliphatic heterocycles. The molecule has 0 radical (unpaired) electrons. The predicted octanol–water partition coefficient (Wildman–Crippen LogP) is -3.78. The van der Waals surface area contributed by atoms with Gasteiger partial charge in [-0.15, -0.1) is 0 Å². The van der Waals surface area contributed by atoms with Gasteiger partial charge in [0.15, 0.2) is 11.4 Å². The van der Waals surface area contributed by atoms with E-state index in [1.54, 1.807) is 0 Å². The van der Waals surface area contributed by atoms with Gasteiger partial charge < -0.3 is 35.7 Å². The summed E-state index contributed by atoms with van der Waals surface area (Å²) in [4.78, 5) is 22.2. The van der Waals surface area contributed by atoms with Crippen molar-refractivity contribution in [2.75, 3.05) is 13.2 Å². The van der Waals surface area contributed by atoms with Crippen molar-refractivity contribution in [2.45, 2.75) is 36.8 Å². The van der Waals surface area contributed by atoms with Crippen LogP contribution in [0.1, 0.15) is 12.8 Å². The Kier molecular flexibility index (Phi) is 7.05. The van der Waals surface area contributed by atoms with Gasteiger partial charge in [0.1, 0.15) is 18.3 Å². The Labute approximate surface area is 108 Å². The number of carboxylic acids is 1. The normalized spacial score (nSPS) is 19.3. The fourth-order valence-corrected chi connectivity index (χ4v) is 1.52. The molecular weight excluding hydrogens is 264 g/mol. The summed E-state index contributed by atoms with van der Waals surface area (Å²) in [5.74, 6) is -2.83. The molecule has 0 aromatic heterocycles. The number of rotatable bonds is 9. The molecule has 19 heavy (non-hydrogen) atoms. The van der Waals surface area contributed by atoms with E-state index in [4.69, 9.17) is 20.4 Å². The molecule has 0 saturated carbocycles. The summed E-state index contributed by atoms with van der Waals surface area (Å²) in [6.45, 7) is -1.65. The zero-order valence-corrected chi connectivity index (χ0v) is 10.0. The first-order valence-electron chi connectivity index (χ1n) is 5.44. The van der Waals surface area contributed by atoms with Crippen LogP contribution in [-0.2, 0) is 9.59 Å². The van der Waals surface area contributed by atoms with E-state index in [9.17, 15) is 24.9 Å². The van der Waals surface area contributed by atoms with Crippen molar-refractivity contribution >= 4 is 11.8 Å². The molecule has 9 nitrogen and oxygen atoms in total. The second kappa shape index (κ2) is 7.48. The first-order valence-corrected chi connectivity index (χ1v) is 5.44. The van der Waals surface area contributed by atoms with Gasteiger partial charge in [0.2, 0.25) is 0 Å². The summed E-state index contributed by atoms with van der Waals surface area (Å²) < 4.78 is 0. The van der Waals surface area contributed by atoms with E-state index in [1.807, 2.05) is 0 Å². The number of hydrogen-bond donors (Lipinski definition) is 7. The van der Waals surface area contributed by atoms with Crippen molar-refractivity contribution in [2.24, 2.45) is 0 Å². The molecule has 0 amide bonds. The van der Waals surface area contributed by atoms with Crippen molar-refractivity contribution < 1.29 is 45.3 Å². The highest BCUT2D eigenvalue weighted by molar-refractivity contribution is 5.91. The Hall–Kier alpha value is -1.10. The minimum Gasteiger partial charge on any atom is -0.481 e. The lowest BCUT2D eigenvalue weighted by molar-refractivity contribution is -0.182.